The summed E-state index contributed by atoms with van der Waals surface area (Å²) in [5.41, 5.74) is 1.25. The van der Waals surface area contributed by atoms with E-state index < -0.39 is 0 Å². The Bertz CT molecular complexity index is 1090. The van der Waals surface area contributed by atoms with Crippen molar-refractivity contribution in [2.45, 2.75) is 44.4 Å². The maximum absolute atomic E-state index is 13.1. The second kappa shape index (κ2) is 10.1. The Hall–Kier alpha value is -3.70. The highest BCUT2D eigenvalue weighted by atomic mass is 19.1. The van der Waals surface area contributed by atoms with Crippen molar-refractivity contribution in [3.8, 4) is 17.6 Å². The standard InChI is InChI=1S/C24H24FN5O2/c25-18-5-11-21(12-6-18)32-22-4-2-1-3-16(22)14-27-24-28-15-17(13-26)23(30-24)29-19-7-9-20(31)10-8-19/h1-6,11-12,15,19-20,31H,7-10,14H2,(H2,27,28,29,30). The zero-order valence-electron chi connectivity index (χ0n) is 17.5. The van der Waals surface area contributed by atoms with Crippen LogP contribution >= 0.6 is 0 Å². The third-order valence-electron chi connectivity index (χ3n) is 5.40. The van der Waals surface area contributed by atoms with Gasteiger partial charge in [-0.3, -0.25) is 0 Å². The van der Waals surface area contributed by atoms with E-state index in [4.69, 9.17) is 4.74 Å². The van der Waals surface area contributed by atoms with E-state index in [9.17, 15) is 14.8 Å². The summed E-state index contributed by atoms with van der Waals surface area (Å²) in [6.07, 6.45) is 4.38. The largest absolute Gasteiger partial charge is 0.457 e. The van der Waals surface area contributed by atoms with Crippen LogP contribution in [0, 0.1) is 17.1 Å². The molecule has 0 saturated heterocycles. The monoisotopic (exact) mass is 433 g/mol. The first-order valence-electron chi connectivity index (χ1n) is 10.6. The van der Waals surface area contributed by atoms with Gasteiger partial charge in [-0.25, -0.2) is 9.37 Å². The predicted octanol–water partition coefficient (Wildman–Crippen LogP) is 4.61. The van der Waals surface area contributed by atoms with E-state index >= 15 is 0 Å². The Labute approximate surface area is 185 Å². The molecule has 1 heterocycles. The molecule has 7 nitrogen and oxygen atoms in total. The number of hydrogen-bond acceptors (Lipinski definition) is 7. The van der Waals surface area contributed by atoms with Crippen LogP contribution in [0.3, 0.4) is 0 Å². The predicted molar refractivity (Wildman–Crippen MR) is 119 cm³/mol. The molecular formula is C24H24FN5O2. The number of aromatic nitrogens is 2. The van der Waals surface area contributed by atoms with Crippen LogP contribution in [0.5, 0.6) is 11.5 Å². The molecule has 0 radical (unpaired) electrons. The van der Waals surface area contributed by atoms with Gasteiger partial charge in [-0.2, -0.15) is 10.2 Å². The summed E-state index contributed by atoms with van der Waals surface area (Å²) < 4.78 is 19.0. The average molecular weight is 433 g/mol. The first-order valence-corrected chi connectivity index (χ1v) is 10.6. The summed E-state index contributed by atoms with van der Waals surface area (Å²) in [6.45, 7) is 0.401. The van der Waals surface area contributed by atoms with Gasteiger partial charge in [0.1, 0.15) is 34.8 Å². The minimum Gasteiger partial charge on any atom is -0.457 e. The van der Waals surface area contributed by atoms with Gasteiger partial charge in [-0.15, -0.1) is 0 Å². The van der Waals surface area contributed by atoms with Gasteiger partial charge in [0.15, 0.2) is 0 Å². The molecule has 0 spiro atoms. The smallest absolute Gasteiger partial charge is 0.224 e. The number of nitrogens with zero attached hydrogens (tertiary/aromatic N) is 3. The molecule has 0 atom stereocenters. The Balaban J connectivity index is 1.45. The molecule has 1 aliphatic rings. The molecule has 0 aliphatic heterocycles. The van der Waals surface area contributed by atoms with Crippen molar-refractivity contribution >= 4 is 11.8 Å². The minimum atomic E-state index is -0.320. The van der Waals surface area contributed by atoms with Crippen LogP contribution in [-0.4, -0.2) is 27.2 Å². The topological polar surface area (TPSA) is 103 Å². The number of aliphatic hydroxyl groups is 1. The fourth-order valence-corrected chi connectivity index (χ4v) is 3.63. The van der Waals surface area contributed by atoms with Crippen LogP contribution in [0.25, 0.3) is 0 Å². The summed E-state index contributed by atoms with van der Waals surface area (Å²) in [5, 5.41) is 25.6. The molecule has 8 heteroatoms. The Kier molecular flexibility index (Phi) is 6.78. The Morgan fingerprint density at radius 2 is 1.84 bits per heavy atom. The lowest BCUT2D eigenvalue weighted by Crippen LogP contribution is -2.29. The molecular weight excluding hydrogens is 409 g/mol. The Morgan fingerprint density at radius 1 is 1.09 bits per heavy atom. The first-order chi connectivity index (χ1) is 15.6. The normalized spacial score (nSPS) is 17.9. The fourth-order valence-electron chi connectivity index (χ4n) is 3.63. The van der Waals surface area contributed by atoms with Crippen molar-refractivity contribution in [1.29, 1.82) is 5.26 Å². The Morgan fingerprint density at radius 3 is 2.59 bits per heavy atom. The van der Waals surface area contributed by atoms with Gasteiger partial charge in [0.05, 0.1) is 12.3 Å². The van der Waals surface area contributed by atoms with Crippen molar-refractivity contribution in [2.75, 3.05) is 10.6 Å². The van der Waals surface area contributed by atoms with E-state index in [1.807, 2.05) is 24.3 Å². The van der Waals surface area contributed by atoms with Gasteiger partial charge in [-0.05, 0) is 56.0 Å². The van der Waals surface area contributed by atoms with Crippen molar-refractivity contribution < 1.29 is 14.2 Å². The van der Waals surface area contributed by atoms with Gasteiger partial charge in [-0.1, -0.05) is 18.2 Å². The van der Waals surface area contributed by atoms with E-state index in [-0.39, 0.29) is 18.0 Å². The molecule has 1 aromatic heterocycles. The van der Waals surface area contributed by atoms with Crippen LogP contribution in [0.4, 0.5) is 16.2 Å². The highest BCUT2D eigenvalue weighted by molar-refractivity contribution is 5.54. The summed E-state index contributed by atoms with van der Waals surface area (Å²) in [4.78, 5) is 8.74. The molecule has 1 saturated carbocycles. The molecule has 0 bridgehead atoms. The number of benzene rings is 2. The summed E-state index contributed by atoms with van der Waals surface area (Å²) >= 11 is 0. The minimum absolute atomic E-state index is 0.165. The van der Waals surface area contributed by atoms with Gasteiger partial charge >= 0.3 is 0 Å². The lowest BCUT2D eigenvalue weighted by molar-refractivity contribution is 0.126. The van der Waals surface area contributed by atoms with E-state index in [0.29, 0.717) is 35.4 Å². The average Bonchev–Trinajstić information content (AvgIpc) is 2.81. The first kappa shape index (κ1) is 21.5. The molecule has 4 rings (SSSR count). The van der Waals surface area contributed by atoms with Gasteiger partial charge in [0.25, 0.3) is 0 Å². The number of nitriles is 1. The van der Waals surface area contributed by atoms with Crippen molar-refractivity contribution in [3.05, 3.63) is 71.7 Å². The number of rotatable bonds is 7. The number of ether oxygens (including phenoxy) is 1. The second-order valence-corrected chi connectivity index (χ2v) is 7.73. The van der Waals surface area contributed by atoms with Crippen LogP contribution < -0.4 is 15.4 Å². The number of aliphatic hydroxyl groups excluding tert-OH is 1. The second-order valence-electron chi connectivity index (χ2n) is 7.73. The quantitative estimate of drug-likeness (QED) is 0.500. The van der Waals surface area contributed by atoms with Crippen molar-refractivity contribution in [1.82, 2.24) is 9.97 Å². The molecule has 164 valence electrons. The summed E-state index contributed by atoms with van der Waals surface area (Å²) in [5.74, 6) is 1.73. The number of halogens is 1. The lowest BCUT2D eigenvalue weighted by atomic mass is 9.93. The van der Waals surface area contributed by atoms with Crippen LogP contribution in [-0.2, 0) is 6.54 Å². The molecule has 32 heavy (non-hydrogen) atoms. The molecule has 1 fully saturated rings. The van der Waals surface area contributed by atoms with Crippen molar-refractivity contribution in [2.24, 2.45) is 0 Å². The summed E-state index contributed by atoms with van der Waals surface area (Å²) in [6, 6.07) is 15.7. The summed E-state index contributed by atoms with van der Waals surface area (Å²) in [7, 11) is 0. The fraction of sp³-hybridized carbons (Fsp3) is 0.292. The maximum Gasteiger partial charge on any atom is 0.224 e. The SMILES string of the molecule is N#Cc1cnc(NCc2ccccc2Oc2ccc(F)cc2)nc1NC1CCC(O)CC1. The van der Waals surface area contributed by atoms with E-state index in [2.05, 4.69) is 26.7 Å². The lowest BCUT2D eigenvalue weighted by Gasteiger charge is -2.26. The van der Waals surface area contributed by atoms with E-state index in [1.54, 1.807) is 12.1 Å². The third-order valence-corrected chi connectivity index (χ3v) is 5.40. The number of nitrogens with one attached hydrogen (secondary N) is 2. The van der Waals surface area contributed by atoms with Gasteiger partial charge in [0.2, 0.25) is 5.95 Å². The van der Waals surface area contributed by atoms with Crippen LogP contribution in [0.1, 0.15) is 36.8 Å². The van der Waals surface area contributed by atoms with E-state index in [0.717, 1.165) is 31.2 Å². The van der Waals surface area contributed by atoms with E-state index in [1.165, 1.54) is 18.3 Å². The van der Waals surface area contributed by atoms with Crippen LogP contribution in [0.15, 0.2) is 54.7 Å². The van der Waals surface area contributed by atoms with Crippen LogP contribution in [0.2, 0.25) is 0 Å². The van der Waals surface area contributed by atoms with Gasteiger partial charge < -0.3 is 20.5 Å². The number of hydrogen-bond donors (Lipinski definition) is 3. The molecule has 3 aromatic rings. The molecule has 1 aliphatic carbocycles. The highest BCUT2D eigenvalue weighted by Crippen LogP contribution is 2.27. The molecule has 2 aromatic carbocycles. The van der Waals surface area contributed by atoms with Crippen molar-refractivity contribution in [3.63, 3.8) is 0 Å². The highest BCUT2D eigenvalue weighted by Gasteiger charge is 2.21. The zero-order valence-corrected chi connectivity index (χ0v) is 17.5. The maximum atomic E-state index is 13.1. The number of anilines is 2. The zero-order chi connectivity index (χ0) is 22.3. The molecule has 0 unspecified atom stereocenters. The third kappa shape index (κ3) is 5.50. The molecule has 3 N–H and O–H groups in total. The van der Waals surface area contributed by atoms with Gasteiger partial charge in [0, 0.05) is 18.2 Å². The molecule has 0 amide bonds. The number of para-hydroxylation sites is 1.